The van der Waals surface area contributed by atoms with Crippen molar-refractivity contribution in [3.63, 3.8) is 0 Å². The zero-order chi connectivity index (χ0) is 7.07. The maximum Gasteiger partial charge on any atom is -0.0386 e. The van der Waals surface area contributed by atoms with E-state index in [9.17, 15) is 0 Å². The van der Waals surface area contributed by atoms with Gasteiger partial charge in [-0.05, 0) is 6.42 Å². The van der Waals surface area contributed by atoms with Crippen LogP contribution >= 0.6 is 0 Å². The van der Waals surface area contributed by atoms with Gasteiger partial charge in [-0.25, -0.2) is 0 Å². The molecular formula is C10H19. The third kappa shape index (κ3) is 3.92. The molecule has 0 amide bonds. The van der Waals surface area contributed by atoms with Gasteiger partial charge in [-0.15, -0.1) is 0 Å². The van der Waals surface area contributed by atoms with Crippen LogP contribution in [0.1, 0.15) is 57.8 Å². The zero-order valence-electron chi connectivity index (χ0n) is 6.94. The average molecular weight is 139 g/mol. The second kappa shape index (κ2) is 5.76. The molecule has 1 fully saturated rings. The molecule has 0 N–H and O–H groups in total. The summed E-state index contributed by atoms with van der Waals surface area (Å²) in [5, 5.41) is 0. The quantitative estimate of drug-likeness (QED) is 0.480. The summed E-state index contributed by atoms with van der Waals surface area (Å²) in [5.41, 5.74) is 0. The molecule has 0 spiro atoms. The molecule has 59 valence electrons. The summed E-state index contributed by atoms with van der Waals surface area (Å²) < 4.78 is 0. The Hall–Kier alpha value is 0. The molecule has 1 saturated carbocycles. The fourth-order valence-corrected chi connectivity index (χ4v) is 1.61. The van der Waals surface area contributed by atoms with Gasteiger partial charge in [-0.2, -0.15) is 0 Å². The Labute approximate surface area is 65.0 Å². The zero-order valence-corrected chi connectivity index (χ0v) is 6.94. The molecule has 0 bridgehead atoms. The van der Waals surface area contributed by atoms with Crippen LogP contribution in [0.2, 0.25) is 0 Å². The van der Waals surface area contributed by atoms with Crippen molar-refractivity contribution >= 4 is 0 Å². The SMILES string of the molecule is [CH]1CCCCCCCCC1. The Morgan fingerprint density at radius 3 is 1.40 bits per heavy atom. The lowest BCUT2D eigenvalue weighted by atomic mass is 10.0. The van der Waals surface area contributed by atoms with Crippen molar-refractivity contribution in [1.29, 1.82) is 0 Å². The molecule has 0 heterocycles. The lowest BCUT2D eigenvalue weighted by molar-refractivity contribution is 0.548. The molecule has 1 aliphatic carbocycles. The summed E-state index contributed by atoms with van der Waals surface area (Å²) in [5.74, 6) is 0. The molecule has 0 aromatic heterocycles. The van der Waals surface area contributed by atoms with Gasteiger partial charge in [0, 0.05) is 0 Å². The number of hydrogen-bond donors (Lipinski definition) is 0. The molecule has 10 heavy (non-hydrogen) atoms. The van der Waals surface area contributed by atoms with E-state index in [0.717, 1.165) is 0 Å². The molecule has 0 heteroatoms. The van der Waals surface area contributed by atoms with Gasteiger partial charge in [0.2, 0.25) is 0 Å². The fraction of sp³-hybridized carbons (Fsp3) is 0.900. The summed E-state index contributed by atoms with van der Waals surface area (Å²) >= 11 is 0. The minimum atomic E-state index is 1.38. The van der Waals surface area contributed by atoms with Crippen LogP contribution in [-0.4, -0.2) is 0 Å². The van der Waals surface area contributed by atoms with Crippen molar-refractivity contribution in [2.24, 2.45) is 0 Å². The van der Waals surface area contributed by atoms with E-state index in [4.69, 9.17) is 0 Å². The Morgan fingerprint density at radius 2 is 0.900 bits per heavy atom. The van der Waals surface area contributed by atoms with Gasteiger partial charge >= 0.3 is 0 Å². The van der Waals surface area contributed by atoms with Gasteiger partial charge in [-0.3, -0.25) is 0 Å². The predicted octanol–water partition coefficient (Wildman–Crippen LogP) is 3.72. The summed E-state index contributed by atoms with van der Waals surface area (Å²) in [4.78, 5) is 0. The van der Waals surface area contributed by atoms with Crippen molar-refractivity contribution in [2.45, 2.75) is 57.8 Å². The number of rotatable bonds is 0. The Kier molecular flexibility index (Phi) is 4.67. The Balaban J connectivity index is 2.00. The molecular weight excluding hydrogens is 120 g/mol. The first-order chi connectivity index (χ1) is 5.00. The Bertz CT molecular complexity index is 33.2. The minimum Gasteiger partial charge on any atom is -0.0533 e. The van der Waals surface area contributed by atoms with Crippen LogP contribution in [0.4, 0.5) is 0 Å². The van der Waals surface area contributed by atoms with E-state index in [1.807, 2.05) is 0 Å². The van der Waals surface area contributed by atoms with Crippen molar-refractivity contribution in [3.8, 4) is 0 Å². The first-order valence-electron chi connectivity index (χ1n) is 4.82. The van der Waals surface area contributed by atoms with Gasteiger partial charge < -0.3 is 0 Å². The maximum atomic E-state index is 2.48. The third-order valence-corrected chi connectivity index (χ3v) is 2.32. The summed E-state index contributed by atoms with van der Waals surface area (Å²) in [7, 11) is 0. The van der Waals surface area contributed by atoms with Crippen molar-refractivity contribution < 1.29 is 0 Å². The molecule has 1 aliphatic rings. The largest absolute Gasteiger partial charge is 0.0533 e. The van der Waals surface area contributed by atoms with Gasteiger partial charge in [-0.1, -0.05) is 57.8 Å². The standard InChI is InChI=1S/C10H19/c1-2-4-6-8-10-9-7-5-3-1/h1H,2-10H2. The fourth-order valence-electron chi connectivity index (χ4n) is 1.61. The molecule has 0 aromatic rings. The van der Waals surface area contributed by atoms with E-state index in [-0.39, 0.29) is 0 Å². The second-order valence-corrected chi connectivity index (χ2v) is 3.34. The molecule has 0 aromatic carbocycles. The third-order valence-electron chi connectivity index (χ3n) is 2.32. The summed E-state index contributed by atoms with van der Waals surface area (Å²) in [6.45, 7) is 0. The van der Waals surface area contributed by atoms with Crippen LogP contribution in [0.5, 0.6) is 0 Å². The highest BCUT2D eigenvalue weighted by molar-refractivity contribution is 4.65. The monoisotopic (exact) mass is 139 g/mol. The van der Waals surface area contributed by atoms with E-state index in [2.05, 4.69) is 6.42 Å². The second-order valence-electron chi connectivity index (χ2n) is 3.34. The highest BCUT2D eigenvalue weighted by Gasteiger charge is 1.96. The van der Waals surface area contributed by atoms with Crippen molar-refractivity contribution in [1.82, 2.24) is 0 Å². The molecule has 0 unspecified atom stereocenters. The van der Waals surface area contributed by atoms with E-state index >= 15 is 0 Å². The topological polar surface area (TPSA) is 0 Å². The van der Waals surface area contributed by atoms with Crippen molar-refractivity contribution in [3.05, 3.63) is 6.42 Å². The first kappa shape index (κ1) is 8.10. The van der Waals surface area contributed by atoms with Crippen LogP contribution in [0.25, 0.3) is 0 Å². The molecule has 0 nitrogen and oxygen atoms in total. The van der Waals surface area contributed by atoms with Gasteiger partial charge in [0.05, 0.1) is 0 Å². The molecule has 0 saturated heterocycles. The molecule has 0 atom stereocenters. The van der Waals surface area contributed by atoms with Crippen LogP contribution in [0, 0.1) is 6.42 Å². The average Bonchev–Trinajstić information content (AvgIpc) is 2.01. The smallest absolute Gasteiger partial charge is 0.0386 e. The van der Waals surface area contributed by atoms with E-state index in [0.29, 0.717) is 0 Å². The van der Waals surface area contributed by atoms with E-state index < -0.39 is 0 Å². The highest BCUT2D eigenvalue weighted by Crippen LogP contribution is 2.15. The van der Waals surface area contributed by atoms with Gasteiger partial charge in [0.1, 0.15) is 0 Å². The van der Waals surface area contributed by atoms with E-state index in [1.54, 1.807) is 0 Å². The summed E-state index contributed by atoms with van der Waals surface area (Å²) in [6.07, 6.45) is 15.5. The van der Waals surface area contributed by atoms with Gasteiger partial charge in [0.15, 0.2) is 0 Å². The molecule has 1 rings (SSSR count). The Morgan fingerprint density at radius 1 is 0.500 bits per heavy atom. The van der Waals surface area contributed by atoms with Gasteiger partial charge in [0.25, 0.3) is 0 Å². The first-order valence-corrected chi connectivity index (χ1v) is 4.82. The van der Waals surface area contributed by atoms with E-state index in [1.165, 1.54) is 57.8 Å². The van der Waals surface area contributed by atoms with Crippen LogP contribution < -0.4 is 0 Å². The minimum absolute atomic E-state index is 1.38. The molecule has 1 radical (unpaired) electrons. The van der Waals surface area contributed by atoms with Crippen molar-refractivity contribution in [2.75, 3.05) is 0 Å². The van der Waals surface area contributed by atoms with Crippen LogP contribution in [0.3, 0.4) is 0 Å². The lowest BCUT2D eigenvalue weighted by Gasteiger charge is -2.05. The summed E-state index contributed by atoms with van der Waals surface area (Å²) in [6, 6.07) is 0. The number of hydrogen-bond acceptors (Lipinski definition) is 0. The maximum absolute atomic E-state index is 2.48. The van der Waals surface area contributed by atoms with Crippen LogP contribution in [-0.2, 0) is 0 Å². The van der Waals surface area contributed by atoms with Crippen LogP contribution in [0.15, 0.2) is 0 Å². The predicted molar refractivity (Wildman–Crippen MR) is 45.9 cm³/mol. The normalized spacial score (nSPS) is 24.0. The highest BCUT2D eigenvalue weighted by atomic mass is 14.0. The molecule has 0 aliphatic heterocycles. The lowest BCUT2D eigenvalue weighted by Crippen LogP contribution is -1.86.